The molecule has 1 atom stereocenters. The Kier molecular flexibility index (Phi) is 5.93. The minimum atomic E-state index is -0.498. The number of aryl methyl sites for hydroxylation is 1. The smallest absolute Gasteiger partial charge is 0.410 e. The summed E-state index contributed by atoms with van der Waals surface area (Å²) in [6.45, 7) is 2.70. The maximum Gasteiger partial charge on any atom is 0.410 e. The van der Waals surface area contributed by atoms with Gasteiger partial charge in [-0.05, 0) is 49.1 Å². The lowest BCUT2D eigenvalue weighted by Gasteiger charge is -2.23. The molecule has 1 aliphatic rings. The Balaban J connectivity index is 1.60. The van der Waals surface area contributed by atoms with Gasteiger partial charge < -0.3 is 10.1 Å². The van der Waals surface area contributed by atoms with Gasteiger partial charge in [0.15, 0.2) is 0 Å². The third kappa shape index (κ3) is 4.43. The van der Waals surface area contributed by atoms with E-state index in [2.05, 4.69) is 21.2 Å². The molecular formula is C20H21BrN2O3. The molecule has 2 aromatic rings. The lowest BCUT2D eigenvalue weighted by molar-refractivity contribution is -0.120. The summed E-state index contributed by atoms with van der Waals surface area (Å²) in [5, 5.41) is 2.90. The summed E-state index contributed by atoms with van der Waals surface area (Å²) >= 11 is 3.44. The summed E-state index contributed by atoms with van der Waals surface area (Å²) in [5.74, 6) is -0.180. The average Bonchev–Trinajstić information content (AvgIpc) is 3.14. The summed E-state index contributed by atoms with van der Waals surface area (Å²) in [4.78, 5) is 26.5. The first-order valence-corrected chi connectivity index (χ1v) is 9.38. The number of ether oxygens (including phenoxy) is 1. The van der Waals surface area contributed by atoms with Gasteiger partial charge in [-0.3, -0.25) is 9.69 Å². The highest BCUT2D eigenvalue weighted by molar-refractivity contribution is 9.10. The Bertz CT molecular complexity index is 795. The second kappa shape index (κ2) is 8.36. The number of amides is 2. The molecule has 26 heavy (non-hydrogen) atoms. The van der Waals surface area contributed by atoms with E-state index in [1.165, 1.54) is 4.90 Å². The number of nitrogens with zero attached hydrogens (tertiary/aromatic N) is 1. The molecule has 0 radical (unpaired) electrons. The van der Waals surface area contributed by atoms with Gasteiger partial charge in [0.25, 0.3) is 0 Å². The topological polar surface area (TPSA) is 58.6 Å². The number of halogens is 1. The Morgan fingerprint density at radius 2 is 2.00 bits per heavy atom. The van der Waals surface area contributed by atoms with Crippen molar-refractivity contribution in [1.29, 1.82) is 0 Å². The number of nitrogens with one attached hydrogen (secondary N) is 1. The van der Waals surface area contributed by atoms with Gasteiger partial charge in [0.2, 0.25) is 5.91 Å². The Hall–Kier alpha value is -2.34. The number of rotatable bonds is 4. The molecule has 3 rings (SSSR count). The van der Waals surface area contributed by atoms with Crippen LogP contribution in [0.15, 0.2) is 53.0 Å². The molecule has 0 bridgehead atoms. The van der Waals surface area contributed by atoms with E-state index in [9.17, 15) is 9.59 Å². The van der Waals surface area contributed by atoms with Crippen LogP contribution in [-0.2, 0) is 16.1 Å². The lowest BCUT2D eigenvalue weighted by Crippen LogP contribution is -2.43. The summed E-state index contributed by atoms with van der Waals surface area (Å²) in [7, 11) is 0. The largest absolute Gasteiger partial charge is 0.445 e. The molecule has 0 saturated carbocycles. The van der Waals surface area contributed by atoms with Crippen LogP contribution in [0.25, 0.3) is 0 Å². The van der Waals surface area contributed by atoms with Crippen molar-refractivity contribution >= 4 is 33.6 Å². The lowest BCUT2D eigenvalue weighted by atomic mass is 10.2. The third-order valence-electron chi connectivity index (χ3n) is 4.42. The molecule has 0 aromatic heterocycles. The van der Waals surface area contributed by atoms with E-state index in [0.29, 0.717) is 13.0 Å². The van der Waals surface area contributed by atoms with Crippen LogP contribution in [0.3, 0.4) is 0 Å². The molecular weight excluding hydrogens is 396 g/mol. The Morgan fingerprint density at radius 1 is 1.23 bits per heavy atom. The second-order valence-electron chi connectivity index (χ2n) is 6.34. The monoisotopic (exact) mass is 416 g/mol. The number of carbonyl (C=O) groups excluding carboxylic acids is 2. The van der Waals surface area contributed by atoms with Crippen LogP contribution in [0.2, 0.25) is 0 Å². The van der Waals surface area contributed by atoms with Gasteiger partial charge >= 0.3 is 6.09 Å². The molecule has 1 heterocycles. The summed E-state index contributed by atoms with van der Waals surface area (Å²) in [5.41, 5.74) is 2.68. The average molecular weight is 417 g/mol. The molecule has 1 fully saturated rings. The fourth-order valence-electron chi connectivity index (χ4n) is 3.01. The number of anilines is 1. The van der Waals surface area contributed by atoms with E-state index >= 15 is 0 Å². The predicted octanol–water partition coefficient (Wildman–Crippen LogP) is 4.50. The van der Waals surface area contributed by atoms with Crippen molar-refractivity contribution in [2.45, 2.75) is 32.4 Å². The highest BCUT2D eigenvalue weighted by Crippen LogP contribution is 2.23. The zero-order chi connectivity index (χ0) is 18.5. The van der Waals surface area contributed by atoms with Crippen LogP contribution in [0, 0.1) is 6.92 Å². The molecule has 1 aliphatic heterocycles. The molecule has 0 spiro atoms. The van der Waals surface area contributed by atoms with Crippen LogP contribution in [0.4, 0.5) is 10.5 Å². The van der Waals surface area contributed by atoms with E-state index in [1.54, 1.807) is 0 Å². The van der Waals surface area contributed by atoms with Gasteiger partial charge in [0, 0.05) is 16.7 Å². The summed E-state index contributed by atoms with van der Waals surface area (Å²) in [6, 6.07) is 14.6. The summed E-state index contributed by atoms with van der Waals surface area (Å²) in [6.07, 6.45) is 0.984. The first-order chi connectivity index (χ1) is 12.5. The van der Waals surface area contributed by atoms with Crippen LogP contribution >= 0.6 is 15.9 Å². The molecule has 1 saturated heterocycles. The van der Waals surface area contributed by atoms with Gasteiger partial charge in [-0.15, -0.1) is 0 Å². The van der Waals surface area contributed by atoms with Gasteiger partial charge in [-0.2, -0.15) is 0 Å². The number of carbonyl (C=O) groups is 2. The summed E-state index contributed by atoms with van der Waals surface area (Å²) < 4.78 is 6.37. The Labute approximate surface area is 161 Å². The van der Waals surface area contributed by atoms with E-state index in [0.717, 1.165) is 27.7 Å². The van der Waals surface area contributed by atoms with Gasteiger partial charge in [0.05, 0.1) is 0 Å². The zero-order valence-corrected chi connectivity index (χ0v) is 16.2. The van der Waals surface area contributed by atoms with Crippen molar-refractivity contribution < 1.29 is 14.3 Å². The van der Waals surface area contributed by atoms with Crippen molar-refractivity contribution in [2.24, 2.45) is 0 Å². The van der Waals surface area contributed by atoms with Gasteiger partial charge in [-0.1, -0.05) is 46.3 Å². The fourth-order valence-corrected chi connectivity index (χ4v) is 3.25. The van der Waals surface area contributed by atoms with Crippen molar-refractivity contribution in [3.8, 4) is 0 Å². The number of likely N-dealkylation sites (tertiary alicyclic amines) is 1. The second-order valence-corrected chi connectivity index (χ2v) is 7.20. The standard InChI is InChI=1S/C20H21BrN2O3/c1-14-12-16(9-10-17(14)21)22-19(24)18-8-5-11-23(18)20(25)26-13-15-6-3-2-4-7-15/h2-4,6-7,9-10,12,18H,5,8,11,13H2,1H3,(H,22,24)/t18-/m0/s1. The SMILES string of the molecule is Cc1cc(NC(=O)[C@@H]2CCCN2C(=O)OCc2ccccc2)ccc1Br. The van der Waals surface area contributed by atoms with E-state index in [4.69, 9.17) is 4.74 Å². The molecule has 2 amide bonds. The molecule has 0 unspecified atom stereocenters. The molecule has 5 nitrogen and oxygen atoms in total. The predicted molar refractivity (Wildman–Crippen MR) is 104 cm³/mol. The van der Waals surface area contributed by atoms with Crippen LogP contribution in [0.1, 0.15) is 24.0 Å². The maximum absolute atomic E-state index is 12.6. The van der Waals surface area contributed by atoms with E-state index in [1.807, 2.05) is 55.5 Å². The van der Waals surface area contributed by atoms with Gasteiger partial charge in [0.1, 0.15) is 12.6 Å². The Morgan fingerprint density at radius 3 is 2.73 bits per heavy atom. The number of hydrogen-bond acceptors (Lipinski definition) is 3. The van der Waals surface area contributed by atoms with Crippen molar-refractivity contribution in [3.63, 3.8) is 0 Å². The molecule has 2 aromatic carbocycles. The van der Waals surface area contributed by atoms with Crippen LogP contribution in [0.5, 0.6) is 0 Å². The normalized spacial score (nSPS) is 16.4. The van der Waals surface area contributed by atoms with Crippen molar-refractivity contribution in [2.75, 3.05) is 11.9 Å². The molecule has 6 heteroatoms. The third-order valence-corrected chi connectivity index (χ3v) is 5.31. The van der Waals surface area contributed by atoms with Crippen LogP contribution < -0.4 is 5.32 Å². The minimum absolute atomic E-state index is 0.180. The molecule has 136 valence electrons. The highest BCUT2D eigenvalue weighted by Gasteiger charge is 2.35. The number of benzene rings is 2. The first kappa shape index (κ1) is 18.5. The quantitative estimate of drug-likeness (QED) is 0.797. The van der Waals surface area contributed by atoms with Crippen molar-refractivity contribution in [3.05, 3.63) is 64.1 Å². The van der Waals surface area contributed by atoms with E-state index < -0.39 is 12.1 Å². The maximum atomic E-state index is 12.6. The first-order valence-electron chi connectivity index (χ1n) is 8.59. The van der Waals surface area contributed by atoms with Gasteiger partial charge in [-0.25, -0.2) is 4.79 Å². The fraction of sp³-hybridized carbons (Fsp3) is 0.300. The van der Waals surface area contributed by atoms with Crippen molar-refractivity contribution in [1.82, 2.24) is 4.90 Å². The number of hydrogen-bond donors (Lipinski definition) is 1. The van der Waals surface area contributed by atoms with E-state index in [-0.39, 0.29) is 12.5 Å². The molecule has 1 N–H and O–H groups in total. The minimum Gasteiger partial charge on any atom is -0.445 e. The molecule has 0 aliphatic carbocycles. The highest BCUT2D eigenvalue weighted by atomic mass is 79.9. The van der Waals surface area contributed by atoms with Crippen LogP contribution in [-0.4, -0.2) is 29.5 Å². The zero-order valence-electron chi connectivity index (χ0n) is 14.6.